The molecule has 0 saturated heterocycles. The Kier molecular flexibility index (Phi) is 5.74. The van der Waals surface area contributed by atoms with Gasteiger partial charge in [0.05, 0.1) is 12.0 Å². The number of aromatic nitrogens is 2. The number of nitrogens with one attached hydrogen (secondary N) is 1. The number of hydrogen-bond donors (Lipinski definition) is 1. The summed E-state index contributed by atoms with van der Waals surface area (Å²) in [5.41, 5.74) is 1.30. The maximum atomic E-state index is 12.1. The molecule has 2 aromatic carbocycles. The molecule has 8 nitrogen and oxygen atoms in total. The minimum absolute atomic E-state index is 0.151. The minimum atomic E-state index is -3.27. The first-order valence-corrected chi connectivity index (χ1v) is 10.3. The van der Waals surface area contributed by atoms with Gasteiger partial charge in [0.2, 0.25) is 17.6 Å². The molecular weight excluding hydrogens is 382 g/mol. The molecule has 0 aliphatic heterocycles. The fourth-order valence-electron chi connectivity index (χ4n) is 2.44. The Balaban J connectivity index is 1.55. The number of amides is 1. The van der Waals surface area contributed by atoms with Crippen LogP contribution in [0, 0.1) is 0 Å². The molecule has 28 heavy (non-hydrogen) atoms. The van der Waals surface area contributed by atoms with E-state index < -0.39 is 9.84 Å². The Bertz CT molecular complexity index is 1060. The van der Waals surface area contributed by atoms with Crippen LogP contribution < -0.4 is 10.1 Å². The Morgan fingerprint density at radius 2 is 1.79 bits per heavy atom. The SMILES string of the molecule is COc1ccc(-c2noc(CCC(=O)Nc3ccc(S(C)(=O)=O)cc3)n2)cc1. The normalized spacial score (nSPS) is 11.2. The van der Waals surface area contributed by atoms with Crippen LogP contribution in [0.15, 0.2) is 57.9 Å². The van der Waals surface area contributed by atoms with Gasteiger partial charge in [-0.05, 0) is 48.5 Å². The van der Waals surface area contributed by atoms with Crippen molar-refractivity contribution in [2.24, 2.45) is 0 Å². The van der Waals surface area contributed by atoms with Gasteiger partial charge in [-0.15, -0.1) is 0 Å². The fourth-order valence-corrected chi connectivity index (χ4v) is 3.07. The maximum Gasteiger partial charge on any atom is 0.227 e. The van der Waals surface area contributed by atoms with Crippen molar-refractivity contribution in [3.8, 4) is 17.1 Å². The number of carbonyl (C=O) groups excluding carboxylic acids is 1. The Morgan fingerprint density at radius 1 is 1.11 bits per heavy atom. The van der Waals surface area contributed by atoms with Gasteiger partial charge in [-0.1, -0.05) is 5.16 Å². The van der Waals surface area contributed by atoms with Crippen LogP contribution in [-0.2, 0) is 21.1 Å². The monoisotopic (exact) mass is 401 g/mol. The summed E-state index contributed by atoms with van der Waals surface area (Å²) in [6.07, 6.45) is 1.57. The quantitative estimate of drug-likeness (QED) is 0.648. The van der Waals surface area contributed by atoms with Crippen molar-refractivity contribution < 1.29 is 22.5 Å². The summed E-state index contributed by atoms with van der Waals surface area (Å²) in [5.74, 6) is 1.29. The van der Waals surface area contributed by atoms with E-state index in [-0.39, 0.29) is 23.6 Å². The fraction of sp³-hybridized carbons (Fsp3) is 0.211. The molecular formula is C19H19N3O5S. The zero-order chi connectivity index (χ0) is 20.1. The Hall–Kier alpha value is -3.20. The van der Waals surface area contributed by atoms with Crippen LogP contribution in [0.3, 0.4) is 0 Å². The number of hydrogen-bond acceptors (Lipinski definition) is 7. The van der Waals surface area contributed by atoms with Crippen LogP contribution >= 0.6 is 0 Å². The molecule has 0 unspecified atom stereocenters. The number of ether oxygens (including phenoxy) is 1. The smallest absolute Gasteiger partial charge is 0.227 e. The summed E-state index contributed by atoms with van der Waals surface area (Å²) < 4.78 is 33.2. The number of rotatable bonds is 7. The number of carbonyl (C=O) groups is 1. The van der Waals surface area contributed by atoms with E-state index in [0.717, 1.165) is 17.6 Å². The highest BCUT2D eigenvalue weighted by Crippen LogP contribution is 2.20. The number of anilines is 1. The van der Waals surface area contributed by atoms with Crippen LogP contribution in [0.2, 0.25) is 0 Å². The van der Waals surface area contributed by atoms with Crippen molar-refractivity contribution in [3.63, 3.8) is 0 Å². The molecule has 1 heterocycles. The molecule has 0 radical (unpaired) electrons. The van der Waals surface area contributed by atoms with Crippen LogP contribution in [0.25, 0.3) is 11.4 Å². The molecule has 1 aromatic heterocycles. The molecule has 3 rings (SSSR count). The number of benzene rings is 2. The molecule has 0 bridgehead atoms. The van der Waals surface area contributed by atoms with Crippen molar-refractivity contribution in [2.45, 2.75) is 17.7 Å². The predicted octanol–water partition coefficient (Wildman–Crippen LogP) is 2.72. The third kappa shape index (κ3) is 4.95. The average molecular weight is 401 g/mol. The van der Waals surface area contributed by atoms with Gasteiger partial charge in [-0.25, -0.2) is 8.42 Å². The zero-order valence-corrected chi connectivity index (χ0v) is 16.2. The first kappa shape index (κ1) is 19.6. The second-order valence-electron chi connectivity index (χ2n) is 6.08. The van der Waals surface area contributed by atoms with Crippen LogP contribution in [0.4, 0.5) is 5.69 Å². The molecule has 9 heteroatoms. The zero-order valence-electron chi connectivity index (χ0n) is 15.4. The van der Waals surface area contributed by atoms with Crippen molar-refractivity contribution in [1.29, 1.82) is 0 Å². The second kappa shape index (κ2) is 8.22. The van der Waals surface area contributed by atoms with E-state index in [1.165, 1.54) is 12.1 Å². The number of aryl methyl sites for hydroxylation is 1. The predicted molar refractivity (Wildman–Crippen MR) is 103 cm³/mol. The van der Waals surface area contributed by atoms with Crippen LogP contribution in [-0.4, -0.2) is 37.8 Å². The van der Waals surface area contributed by atoms with Gasteiger partial charge in [0.25, 0.3) is 0 Å². The molecule has 0 atom stereocenters. The van der Waals surface area contributed by atoms with Crippen molar-refractivity contribution in [2.75, 3.05) is 18.7 Å². The van der Waals surface area contributed by atoms with Gasteiger partial charge >= 0.3 is 0 Å². The molecule has 0 fully saturated rings. The average Bonchev–Trinajstić information content (AvgIpc) is 3.15. The molecule has 1 N–H and O–H groups in total. The van der Waals surface area contributed by atoms with Gasteiger partial charge in [-0.2, -0.15) is 4.98 Å². The van der Waals surface area contributed by atoms with E-state index in [1.807, 2.05) is 12.1 Å². The summed E-state index contributed by atoms with van der Waals surface area (Å²) in [7, 11) is -1.68. The largest absolute Gasteiger partial charge is 0.497 e. The Morgan fingerprint density at radius 3 is 2.39 bits per heavy atom. The molecule has 0 aliphatic rings. The number of methoxy groups -OCH3 is 1. The molecule has 0 aliphatic carbocycles. The first-order valence-electron chi connectivity index (χ1n) is 8.42. The molecule has 3 aromatic rings. The van der Waals surface area contributed by atoms with E-state index in [0.29, 0.717) is 17.4 Å². The van der Waals surface area contributed by atoms with E-state index in [2.05, 4.69) is 15.5 Å². The van der Waals surface area contributed by atoms with E-state index in [9.17, 15) is 13.2 Å². The summed E-state index contributed by atoms with van der Waals surface area (Å²) >= 11 is 0. The molecule has 0 saturated carbocycles. The lowest BCUT2D eigenvalue weighted by molar-refractivity contribution is -0.116. The van der Waals surface area contributed by atoms with Crippen LogP contribution in [0.1, 0.15) is 12.3 Å². The molecule has 146 valence electrons. The standard InChI is InChI=1S/C19H19N3O5S/c1-26-15-7-3-13(4-8-15)19-21-18(27-22-19)12-11-17(23)20-14-5-9-16(10-6-14)28(2,24)25/h3-10H,11-12H2,1-2H3,(H,20,23). The van der Waals surface area contributed by atoms with Gasteiger partial charge < -0.3 is 14.6 Å². The maximum absolute atomic E-state index is 12.1. The van der Waals surface area contributed by atoms with Gasteiger partial charge in [-0.3, -0.25) is 4.79 Å². The summed E-state index contributed by atoms with van der Waals surface area (Å²) in [6, 6.07) is 13.2. The molecule has 0 spiro atoms. The van der Waals surface area contributed by atoms with Crippen LogP contribution in [0.5, 0.6) is 5.75 Å². The summed E-state index contributed by atoms with van der Waals surface area (Å²) in [5, 5.41) is 6.63. The van der Waals surface area contributed by atoms with Crippen molar-refractivity contribution in [3.05, 3.63) is 54.4 Å². The van der Waals surface area contributed by atoms with Gasteiger partial charge in [0, 0.05) is 30.3 Å². The highest BCUT2D eigenvalue weighted by Gasteiger charge is 2.12. The number of sulfone groups is 1. The van der Waals surface area contributed by atoms with E-state index >= 15 is 0 Å². The lowest BCUT2D eigenvalue weighted by atomic mass is 10.2. The first-order chi connectivity index (χ1) is 13.3. The summed E-state index contributed by atoms with van der Waals surface area (Å²) in [6.45, 7) is 0. The second-order valence-corrected chi connectivity index (χ2v) is 8.10. The lowest BCUT2D eigenvalue weighted by Gasteiger charge is -2.05. The van der Waals surface area contributed by atoms with Gasteiger partial charge in [0.1, 0.15) is 5.75 Å². The number of nitrogens with zero attached hydrogens (tertiary/aromatic N) is 2. The third-order valence-electron chi connectivity index (χ3n) is 3.95. The van der Waals surface area contributed by atoms with E-state index in [1.54, 1.807) is 31.4 Å². The minimum Gasteiger partial charge on any atom is -0.497 e. The van der Waals surface area contributed by atoms with Crippen molar-refractivity contribution >= 4 is 21.4 Å². The highest BCUT2D eigenvalue weighted by molar-refractivity contribution is 7.90. The Labute approximate surface area is 162 Å². The molecule has 1 amide bonds. The highest BCUT2D eigenvalue weighted by atomic mass is 32.2. The van der Waals surface area contributed by atoms with E-state index in [4.69, 9.17) is 9.26 Å². The lowest BCUT2D eigenvalue weighted by Crippen LogP contribution is -2.12. The van der Waals surface area contributed by atoms with Gasteiger partial charge in [0.15, 0.2) is 9.84 Å². The summed E-state index contributed by atoms with van der Waals surface area (Å²) in [4.78, 5) is 16.6. The third-order valence-corrected chi connectivity index (χ3v) is 5.08. The topological polar surface area (TPSA) is 111 Å². The van der Waals surface area contributed by atoms with Crippen molar-refractivity contribution in [1.82, 2.24) is 10.1 Å².